The number of thiocarbonyl (C=S) groups is 1. The van der Waals surface area contributed by atoms with E-state index in [2.05, 4.69) is 15.5 Å². The summed E-state index contributed by atoms with van der Waals surface area (Å²) in [5.74, 6) is 0.754. The second kappa shape index (κ2) is 7.56. The minimum atomic E-state index is 0.137. The minimum Gasteiger partial charge on any atom is -0.486 e. The molecule has 1 aliphatic rings. The molecular weight excluding hydrogens is 294 g/mol. The molecule has 5 nitrogen and oxygen atoms in total. The summed E-state index contributed by atoms with van der Waals surface area (Å²) in [5.41, 5.74) is 4.36. The van der Waals surface area contributed by atoms with Crippen molar-refractivity contribution in [2.75, 3.05) is 19.5 Å². The second-order valence-electron chi connectivity index (χ2n) is 4.28. The summed E-state index contributed by atoms with van der Waals surface area (Å²) in [6.45, 7) is 3.30. The van der Waals surface area contributed by atoms with E-state index in [1.165, 1.54) is 11.8 Å². The maximum atomic E-state index is 5.76. The Labute approximate surface area is 128 Å². The molecule has 1 atom stereocenters. The number of hydrogen-bond acceptors (Lipinski definition) is 6. The smallest absolute Gasteiger partial charge is 0.153 e. The number of ether oxygens (including phenoxy) is 2. The summed E-state index contributed by atoms with van der Waals surface area (Å²) in [6.07, 6.45) is 4.67. The second-order valence-corrected chi connectivity index (χ2v) is 5.77. The van der Waals surface area contributed by atoms with Crippen LogP contribution in [-0.2, 0) is 4.74 Å². The van der Waals surface area contributed by atoms with Crippen molar-refractivity contribution >= 4 is 34.0 Å². The van der Waals surface area contributed by atoms with E-state index < -0.39 is 0 Å². The van der Waals surface area contributed by atoms with Crippen LogP contribution in [0.3, 0.4) is 0 Å². The van der Waals surface area contributed by atoms with Crippen LogP contribution in [0.15, 0.2) is 23.4 Å². The normalized spacial score (nSPS) is 18.9. The van der Waals surface area contributed by atoms with Crippen LogP contribution in [0.5, 0.6) is 5.75 Å². The molecule has 7 heteroatoms. The molecule has 0 amide bonds. The number of aromatic nitrogens is 1. The van der Waals surface area contributed by atoms with Gasteiger partial charge in [-0.1, -0.05) is 24.0 Å². The topological polar surface area (TPSA) is 55.7 Å². The Hall–Kier alpha value is -1.18. The number of nitrogens with zero attached hydrogens (tertiary/aromatic N) is 2. The lowest BCUT2D eigenvalue weighted by Gasteiger charge is -2.11. The van der Waals surface area contributed by atoms with Gasteiger partial charge in [0, 0.05) is 6.42 Å². The van der Waals surface area contributed by atoms with E-state index in [-0.39, 0.29) is 6.10 Å². The quantitative estimate of drug-likeness (QED) is 0.523. The van der Waals surface area contributed by atoms with Crippen LogP contribution in [0.2, 0.25) is 0 Å². The van der Waals surface area contributed by atoms with Crippen molar-refractivity contribution < 1.29 is 9.47 Å². The van der Waals surface area contributed by atoms with Crippen molar-refractivity contribution in [2.45, 2.75) is 19.4 Å². The number of nitrogens with one attached hydrogen (secondary N) is 1. The maximum Gasteiger partial charge on any atom is 0.153 e. The lowest BCUT2D eigenvalue weighted by Crippen LogP contribution is -2.16. The Bertz CT molecular complexity index is 485. The summed E-state index contributed by atoms with van der Waals surface area (Å²) < 4.78 is 11.7. The largest absolute Gasteiger partial charge is 0.486 e. The Morgan fingerprint density at radius 3 is 3.05 bits per heavy atom. The zero-order valence-electron chi connectivity index (χ0n) is 11.5. The predicted molar refractivity (Wildman–Crippen MR) is 85.5 cm³/mol. The molecular formula is C13H17N3O2S2. The van der Waals surface area contributed by atoms with Crippen molar-refractivity contribution in [3.8, 4) is 5.75 Å². The van der Waals surface area contributed by atoms with E-state index in [0.29, 0.717) is 10.9 Å². The summed E-state index contributed by atoms with van der Waals surface area (Å²) >= 11 is 6.46. The van der Waals surface area contributed by atoms with Crippen molar-refractivity contribution in [3.05, 3.63) is 24.0 Å². The standard InChI is InChI=1S/C13H17N3O2S2/c1-9(15-16-13(19)20-2)12-4-3-10(7-14-12)18-11-5-6-17-8-11/h3-4,7,11H,5-6,8H2,1-2H3,(H,16,19)/b15-9+/t11-/m0/s1. The van der Waals surface area contributed by atoms with Gasteiger partial charge in [0.1, 0.15) is 11.9 Å². The fraction of sp³-hybridized carbons (Fsp3) is 0.462. The van der Waals surface area contributed by atoms with Gasteiger partial charge in [0.2, 0.25) is 0 Å². The van der Waals surface area contributed by atoms with E-state index in [4.69, 9.17) is 21.7 Å². The molecule has 108 valence electrons. The van der Waals surface area contributed by atoms with Crippen LogP contribution in [0.25, 0.3) is 0 Å². The lowest BCUT2D eigenvalue weighted by atomic mass is 10.2. The molecule has 2 heterocycles. The van der Waals surface area contributed by atoms with Gasteiger partial charge in [0.15, 0.2) is 4.32 Å². The summed E-state index contributed by atoms with van der Waals surface area (Å²) in [7, 11) is 0. The fourth-order valence-corrected chi connectivity index (χ4v) is 1.88. The molecule has 20 heavy (non-hydrogen) atoms. The van der Waals surface area contributed by atoms with Crippen LogP contribution in [0.4, 0.5) is 0 Å². The van der Waals surface area contributed by atoms with Gasteiger partial charge in [0.05, 0.1) is 30.8 Å². The highest BCUT2D eigenvalue weighted by molar-refractivity contribution is 8.22. The molecule has 0 spiro atoms. The first-order valence-electron chi connectivity index (χ1n) is 6.28. The van der Waals surface area contributed by atoms with Crippen LogP contribution in [-0.4, -0.2) is 40.6 Å². The summed E-state index contributed by atoms with van der Waals surface area (Å²) in [4.78, 5) is 4.34. The van der Waals surface area contributed by atoms with Gasteiger partial charge in [-0.15, -0.1) is 0 Å². The Morgan fingerprint density at radius 1 is 1.60 bits per heavy atom. The maximum absolute atomic E-state index is 5.76. The first kappa shape index (κ1) is 15.2. The monoisotopic (exact) mass is 311 g/mol. The molecule has 1 N–H and O–H groups in total. The van der Waals surface area contributed by atoms with Crippen molar-refractivity contribution in [2.24, 2.45) is 5.10 Å². The van der Waals surface area contributed by atoms with E-state index >= 15 is 0 Å². The molecule has 0 bridgehead atoms. The fourth-order valence-electron chi connectivity index (χ4n) is 1.69. The van der Waals surface area contributed by atoms with Gasteiger partial charge >= 0.3 is 0 Å². The first-order valence-corrected chi connectivity index (χ1v) is 7.91. The van der Waals surface area contributed by atoms with Crippen LogP contribution < -0.4 is 10.2 Å². The van der Waals surface area contributed by atoms with E-state index in [1.54, 1.807) is 6.20 Å². The third-order valence-electron chi connectivity index (χ3n) is 2.80. The molecule has 1 aromatic rings. The number of hydrazone groups is 1. The highest BCUT2D eigenvalue weighted by Crippen LogP contribution is 2.16. The van der Waals surface area contributed by atoms with Crippen LogP contribution >= 0.6 is 24.0 Å². The molecule has 0 saturated carbocycles. The average Bonchev–Trinajstić information content (AvgIpc) is 2.98. The van der Waals surface area contributed by atoms with Crippen LogP contribution in [0.1, 0.15) is 19.0 Å². The number of rotatable bonds is 4. The molecule has 1 saturated heterocycles. The van der Waals surface area contributed by atoms with Gasteiger partial charge in [-0.2, -0.15) is 5.10 Å². The summed E-state index contributed by atoms with van der Waals surface area (Å²) in [5, 5.41) is 4.18. The Kier molecular flexibility index (Phi) is 5.75. The zero-order valence-corrected chi connectivity index (χ0v) is 13.1. The van der Waals surface area contributed by atoms with Crippen LogP contribution in [0, 0.1) is 0 Å². The van der Waals surface area contributed by atoms with Crippen molar-refractivity contribution in [1.82, 2.24) is 10.4 Å². The number of hydrogen-bond donors (Lipinski definition) is 1. The van der Waals surface area contributed by atoms with E-state index in [1.807, 2.05) is 25.3 Å². The SMILES string of the molecule is CSC(=S)N/N=C(\C)c1ccc(O[C@H]2CCOC2)cn1. The van der Waals surface area contributed by atoms with Gasteiger partial charge < -0.3 is 9.47 Å². The Balaban J connectivity index is 1.94. The Morgan fingerprint density at radius 2 is 2.45 bits per heavy atom. The van der Waals surface area contributed by atoms with E-state index in [0.717, 1.165) is 30.2 Å². The zero-order chi connectivity index (χ0) is 14.4. The molecule has 2 rings (SSSR count). The van der Waals surface area contributed by atoms with E-state index in [9.17, 15) is 0 Å². The molecule has 1 aliphatic heterocycles. The predicted octanol–water partition coefficient (Wildman–Crippen LogP) is 2.21. The highest BCUT2D eigenvalue weighted by Gasteiger charge is 2.17. The lowest BCUT2D eigenvalue weighted by molar-refractivity contribution is 0.141. The molecule has 1 aromatic heterocycles. The third kappa shape index (κ3) is 4.43. The molecule has 0 unspecified atom stereocenters. The van der Waals surface area contributed by atoms with Gasteiger partial charge in [-0.3, -0.25) is 10.4 Å². The van der Waals surface area contributed by atoms with Gasteiger partial charge in [-0.05, 0) is 25.3 Å². The molecule has 0 radical (unpaired) electrons. The van der Waals surface area contributed by atoms with Gasteiger partial charge in [-0.25, -0.2) is 0 Å². The molecule has 0 aliphatic carbocycles. The number of thioether (sulfide) groups is 1. The third-order valence-corrected chi connectivity index (χ3v) is 3.85. The average molecular weight is 311 g/mol. The highest BCUT2D eigenvalue weighted by atomic mass is 32.2. The summed E-state index contributed by atoms with van der Waals surface area (Å²) in [6, 6.07) is 3.78. The minimum absolute atomic E-state index is 0.137. The molecule has 0 aromatic carbocycles. The first-order chi connectivity index (χ1) is 9.69. The number of pyridine rings is 1. The van der Waals surface area contributed by atoms with Gasteiger partial charge in [0.25, 0.3) is 0 Å². The van der Waals surface area contributed by atoms with Crippen molar-refractivity contribution in [3.63, 3.8) is 0 Å². The van der Waals surface area contributed by atoms with Crippen molar-refractivity contribution in [1.29, 1.82) is 0 Å². The molecule has 1 fully saturated rings.